The number of nitrogens with two attached hydrogens (primary N) is 1. The first-order valence-corrected chi connectivity index (χ1v) is 5.24. The van der Waals surface area contributed by atoms with Crippen molar-refractivity contribution in [2.75, 3.05) is 12.3 Å². The number of hydrogen-bond donors (Lipinski definition) is 1. The fourth-order valence-corrected chi connectivity index (χ4v) is 1.27. The summed E-state index contributed by atoms with van der Waals surface area (Å²) in [5.41, 5.74) is 6.96. The van der Waals surface area contributed by atoms with E-state index in [-0.39, 0.29) is 5.78 Å². The van der Waals surface area contributed by atoms with E-state index in [1.165, 1.54) is 0 Å². The molecule has 0 spiro atoms. The van der Waals surface area contributed by atoms with Gasteiger partial charge in [-0.3, -0.25) is 4.79 Å². The largest absolute Gasteiger partial charge is 0.491 e. The van der Waals surface area contributed by atoms with E-state index in [4.69, 9.17) is 10.5 Å². The van der Waals surface area contributed by atoms with Crippen molar-refractivity contribution in [2.24, 2.45) is 0 Å². The van der Waals surface area contributed by atoms with Gasteiger partial charge in [0, 0.05) is 12.0 Å². The first-order chi connectivity index (χ1) is 7.19. The molecule has 0 bridgehead atoms. The lowest BCUT2D eigenvalue weighted by Gasteiger charge is -2.08. The lowest BCUT2D eigenvalue weighted by molar-refractivity contribution is 0.0988. The molecule has 2 N–H and O–H groups in total. The van der Waals surface area contributed by atoms with E-state index < -0.39 is 0 Å². The Morgan fingerprint density at radius 1 is 1.40 bits per heavy atom. The number of ether oxygens (including phenoxy) is 1. The van der Waals surface area contributed by atoms with Crippen molar-refractivity contribution in [1.82, 2.24) is 0 Å². The molecular weight excluding hydrogens is 190 g/mol. The number of carbonyl (C=O) groups is 1. The maximum atomic E-state index is 11.4. The number of ketones is 1. The number of nitrogen functional groups attached to an aromatic ring is 1. The van der Waals surface area contributed by atoms with E-state index in [1.807, 2.05) is 13.8 Å². The minimum absolute atomic E-state index is 0.101. The van der Waals surface area contributed by atoms with Crippen molar-refractivity contribution in [3.05, 3.63) is 23.8 Å². The molecule has 1 aromatic rings. The Labute approximate surface area is 90.2 Å². The zero-order chi connectivity index (χ0) is 11.3. The predicted octanol–water partition coefficient (Wildman–Crippen LogP) is 2.65. The number of rotatable bonds is 5. The summed E-state index contributed by atoms with van der Waals surface area (Å²) in [4.78, 5) is 11.4. The summed E-state index contributed by atoms with van der Waals surface area (Å²) in [6.07, 6.45) is 1.43. The van der Waals surface area contributed by atoms with Gasteiger partial charge in [0.05, 0.1) is 12.3 Å². The molecule has 1 rings (SSSR count). The standard InChI is InChI=1S/C12H17NO2/c1-3-7-15-12-6-5-9(8-10(12)13)11(14)4-2/h5-6,8H,3-4,7,13H2,1-2H3. The van der Waals surface area contributed by atoms with Gasteiger partial charge in [0.1, 0.15) is 5.75 Å². The topological polar surface area (TPSA) is 52.3 Å². The van der Waals surface area contributed by atoms with Crippen LogP contribution < -0.4 is 10.5 Å². The minimum Gasteiger partial charge on any atom is -0.491 e. The highest BCUT2D eigenvalue weighted by Gasteiger charge is 2.06. The van der Waals surface area contributed by atoms with Crippen LogP contribution in [0.4, 0.5) is 5.69 Å². The molecule has 0 amide bonds. The Bertz CT molecular complexity index is 347. The summed E-state index contributed by atoms with van der Waals surface area (Å²) >= 11 is 0. The lowest BCUT2D eigenvalue weighted by atomic mass is 10.1. The van der Waals surface area contributed by atoms with E-state index in [1.54, 1.807) is 18.2 Å². The van der Waals surface area contributed by atoms with Crippen LogP contribution in [0, 0.1) is 0 Å². The molecule has 0 radical (unpaired) electrons. The maximum Gasteiger partial charge on any atom is 0.162 e. The molecule has 82 valence electrons. The van der Waals surface area contributed by atoms with Crippen molar-refractivity contribution < 1.29 is 9.53 Å². The van der Waals surface area contributed by atoms with Crippen molar-refractivity contribution in [3.8, 4) is 5.75 Å². The molecule has 0 saturated heterocycles. The molecule has 15 heavy (non-hydrogen) atoms. The third-order valence-corrected chi connectivity index (χ3v) is 2.11. The second-order valence-corrected chi connectivity index (χ2v) is 3.38. The van der Waals surface area contributed by atoms with Gasteiger partial charge in [0.2, 0.25) is 0 Å². The summed E-state index contributed by atoms with van der Waals surface area (Å²) in [6, 6.07) is 5.19. The van der Waals surface area contributed by atoms with E-state index >= 15 is 0 Å². The van der Waals surface area contributed by atoms with Crippen LogP contribution in [0.15, 0.2) is 18.2 Å². The Kier molecular flexibility index (Phi) is 4.16. The molecule has 0 heterocycles. The van der Waals surface area contributed by atoms with Gasteiger partial charge in [-0.05, 0) is 24.6 Å². The predicted molar refractivity (Wildman–Crippen MR) is 61.3 cm³/mol. The van der Waals surface area contributed by atoms with Gasteiger partial charge in [-0.15, -0.1) is 0 Å². The summed E-state index contributed by atoms with van der Waals surface area (Å²) in [5.74, 6) is 0.758. The summed E-state index contributed by atoms with van der Waals surface area (Å²) in [5, 5.41) is 0. The molecule has 3 nitrogen and oxygen atoms in total. The molecule has 1 aromatic carbocycles. The van der Waals surface area contributed by atoms with E-state index in [0.717, 1.165) is 6.42 Å². The highest BCUT2D eigenvalue weighted by Crippen LogP contribution is 2.23. The zero-order valence-electron chi connectivity index (χ0n) is 9.25. The van der Waals surface area contributed by atoms with Gasteiger partial charge in [-0.25, -0.2) is 0 Å². The number of anilines is 1. The summed E-state index contributed by atoms with van der Waals surface area (Å²) in [6.45, 7) is 4.51. The maximum absolute atomic E-state index is 11.4. The smallest absolute Gasteiger partial charge is 0.162 e. The van der Waals surface area contributed by atoms with Crippen LogP contribution in [0.3, 0.4) is 0 Å². The number of benzene rings is 1. The van der Waals surface area contributed by atoms with E-state index in [2.05, 4.69) is 0 Å². The fraction of sp³-hybridized carbons (Fsp3) is 0.417. The molecule has 0 aliphatic rings. The fourth-order valence-electron chi connectivity index (χ4n) is 1.27. The quantitative estimate of drug-likeness (QED) is 0.596. The average Bonchev–Trinajstić information content (AvgIpc) is 2.26. The van der Waals surface area contributed by atoms with Gasteiger partial charge in [0.25, 0.3) is 0 Å². The second kappa shape index (κ2) is 5.39. The van der Waals surface area contributed by atoms with Crippen LogP contribution in [0.1, 0.15) is 37.0 Å². The molecule has 3 heteroatoms. The summed E-state index contributed by atoms with van der Waals surface area (Å²) in [7, 11) is 0. The van der Waals surface area contributed by atoms with Crippen molar-refractivity contribution >= 4 is 11.5 Å². The zero-order valence-corrected chi connectivity index (χ0v) is 9.25. The van der Waals surface area contributed by atoms with Gasteiger partial charge in [-0.1, -0.05) is 13.8 Å². The highest BCUT2D eigenvalue weighted by molar-refractivity contribution is 5.97. The molecule has 0 saturated carbocycles. The normalized spacial score (nSPS) is 10.0. The van der Waals surface area contributed by atoms with Crippen LogP contribution in [0.25, 0.3) is 0 Å². The van der Waals surface area contributed by atoms with Crippen LogP contribution in [0.5, 0.6) is 5.75 Å². The summed E-state index contributed by atoms with van der Waals surface area (Å²) < 4.78 is 5.42. The minimum atomic E-state index is 0.101. The molecular formula is C12H17NO2. The van der Waals surface area contributed by atoms with E-state index in [0.29, 0.717) is 30.0 Å². The van der Waals surface area contributed by atoms with Crippen molar-refractivity contribution in [1.29, 1.82) is 0 Å². The number of hydrogen-bond acceptors (Lipinski definition) is 3. The third-order valence-electron chi connectivity index (χ3n) is 2.11. The second-order valence-electron chi connectivity index (χ2n) is 3.38. The van der Waals surface area contributed by atoms with Crippen LogP contribution in [-0.2, 0) is 0 Å². The Hall–Kier alpha value is -1.51. The SMILES string of the molecule is CCCOc1ccc(C(=O)CC)cc1N. The van der Waals surface area contributed by atoms with Crippen molar-refractivity contribution in [3.63, 3.8) is 0 Å². The van der Waals surface area contributed by atoms with Gasteiger partial charge >= 0.3 is 0 Å². The van der Waals surface area contributed by atoms with Gasteiger partial charge in [0.15, 0.2) is 5.78 Å². The first-order valence-electron chi connectivity index (χ1n) is 5.24. The Morgan fingerprint density at radius 3 is 2.67 bits per heavy atom. The molecule has 0 aliphatic carbocycles. The van der Waals surface area contributed by atoms with Crippen LogP contribution in [-0.4, -0.2) is 12.4 Å². The van der Waals surface area contributed by atoms with Crippen LogP contribution >= 0.6 is 0 Å². The van der Waals surface area contributed by atoms with E-state index in [9.17, 15) is 4.79 Å². The van der Waals surface area contributed by atoms with Gasteiger partial charge < -0.3 is 10.5 Å². The molecule has 0 atom stereocenters. The first kappa shape index (κ1) is 11.6. The molecule has 0 unspecified atom stereocenters. The van der Waals surface area contributed by atoms with Crippen LogP contribution in [0.2, 0.25) is 0 Å². The third kappa shape index (κ3) is 2.98. The number of carbonyl (C=O) groups excluding carboxylic acids is 1. The molecule has 0 fully saturated rings. The van der Waals surface area contributed by atoms with Crippen molar-refractivity contribution in [2.45, 2.75) is 26.7 Å². The van der Waals surface area contributed by atoms with Gasteiger partial charge in [-0.2, -0.15) is 0 Å². The average molecular weight is 207 g/mol. The lowest BCUT2D eigenvalue weighted by Crippen LogP contribution is -2.02. The molecule has 0 aliphatic heterocycles. The monoisotopic (exact) mass is 207 g/mol. The Morgan fingerprint density at radius 2 is 2.13 bits per heavy atom. The number of Topliss-reactive ketones (excluding diaryl/α,β-unsaturated/α-hetero) is 1. The molecule has 0 aromatic heterocycles. The highest BCUT2D eigenvalue weighted by atomic mass is 16.5. The Balaban J connectivity index is 2.83.